The summed E-state index contributed by atoms with van der Waals surface area (Å²) in [5, 5.41) is 17.8. The highest BCUT2D eigenvalue weighted by atomic mass is 32.2. The summed E-state index contributed by atoms with van der Waals surface area (Å²) in [5.41, 5.74) is 0. The largest absolute Gasteiger partial charge is 0.481 e. The average Bonchev–Trinajstić information content (AvgIpc) is 2.27. The van der Waals surface area contributed by atoms with E-state index < -0.39 is 28.2 Å². The molecule has 1 rings (SSSR count). The van der Waals surface area contributed by atoms with Crippen LogP contribution in [0.5, 0.6) is 0 Å². The zero-order valence-electron chi connectivity index (χ0n) is 9.66. The molecule has 0 aliphatic carbocycles. The van der Waals surface area contributed by atoms with E-state index in [1.807, 2.05) is 0 Å². The van der Waals surface area contributed by atoms with Gasteiger partial charge < -0.3 is 10.2 Å². The van der Waals surface area contributed by atoms with Crippen molar-refractivity contribution in [3.05, 3.63) is 0 Å². The van der Waals surface area contributed by atoms with E-state index >= 15 is 0 Å². The van der Waals surface area contributed by atoms with E-state index in [1.165, 1.54) is 11.2 Å². The maximum absolute atomic E-state index is 11.7. The molecule has 1 saturated heterocycles. The Morgan fingerprint density at radius 2 is 2.00 bits per heavy atom. The number of aliphatic hydroxyl groups is 1. The lowest BCUT2D eigenvalue weighted by molar-refractivity contribution is -0.142. The second-order valence-electron chi connectivity index (χ2n) is 4.21. The van der Waals surface area contributed by atoms with Gasteiger partial charge in [0.15, 0.2) is 0 Å². The van der Waals surface area contributed by atoms with Crippen molar-refractivity contribution in [2.24, 2.45) is 5.92 Å². The summed E-state index contributed by atoms with van der Waals surface area (Å²) in [6, 6.07) is 0. The molecule has 1 aliphatic heterocycles. The molecule has 7 nitrogen and oxygen atoms in total. The molecule has 0 aromatic rings. The molecule has 0 bridgehead atoms. The lowest BCUT2D eigenvalue weighted by Gasteiger charge is -2.29. The molecule has 0 unspecified atom stereocenters. The lowest BCUT2D eigenvalue weighted by Crippen LogP contribution is -2.47. The van der Waals surface area contributed by atoms with Gasteiger partial charge in [0, 0.05) is 19.6 Å². The number of carboxylic acid groups (broad SMARTS) is 1. The fourth-order valence-corrected chi connectivity index (χ4v) is 2.99. The molecule has 0 aromatic carbocycles. The number of carboxylic acids is 1. The highest BCUT2D eigenvalue weighted by Gasteiger charge is 2.30. The predicted octanol–water partition coefficient (Wildman–Crippen LogP) is -1.00. The van der Waals surface area contributed by atoms with E-state index in [2.05, 4.69) is 4.72 Å². The lowest BCUT2D eigenvalue weighted by atomic mass is 9.99. The fraction of sp³-hybridized carbons (Fsp3) is 0.889. The summed E-state index contributed by atoms with van der Waals surface area (Å²) < 4.78 is 26.9. The van der Waals surface area contributed by atoms with Crippen LogP contribution in [0, 0.1) is 5.92 Å². The van der Waals surface area contributed by atoms with Gasteiger partial charge in [-0.3, -0.25) is 4.79 Å². The summed E-state index contributed by atoms with van der Waals surface area (Å²) in [7, 11) is -3.60. The van der Waals surface area contributed by atoms with Gasteiger partial charge >= 0.3 is 5.97 Å². The zero-order valence-corrected chi connectivity index (χ0v) is 10.5. The molecule has 1 atom stereocenters. The van der Waals surface area contributed by atoms with E-state index in [-0.39, 0.29) is 19.6 Å². The van der Waals surface area contributed by atoms with E-state index in [4.69, 9.17) is 10.2 Å². The van der Waals surface area contributed by atoms with Crippen LogP contribution in [0.25, 0.3) is 0 Å². The molecule has 17 heavy (non-hydrogen) atoms. The third-order valence-electron chi connectivity index (χ3n) is 2.70. The van der Waals surface area contributed by atoms with Crippen LogP contribution in [-0.4, -0.2) is 54.6 Å². The summed E-state index contributed by atoms with van der Waals surface area (Å²) in [6.45, 7) is 1.85. The van der Waals surface area contributed by atoms with Crippen LogP contribution in [-0.2, 0) is 15.0 Å². The van der Waals surface area contributed by atoms with Gasteiger partial charge in [-0.25, -0.2) is 0 Å². The van der Waals surface area contributed by atoms with Gasteiger partial charge in [0.1, 0.15) is 0 Å². The average molecular weight is 266 g/mol. The molecule has 3 N–H and O–H groups in total. The highest BCUT2D eigenvalue weighted by Crippen LogP contribution is 2.18. The number of nitrogens with one attached hydrogen (secondary N) is 1. The Morgan fingerprint density at radius 1 is 1.47 bits per heavy atom. The van der Waals surface area contributed by atoms with Crippen LogP contribution < -0.4 is 4.72 Å². The Morgan fingerprint density at radius 3 is 2.41 bits per heavy atom. The van der Waals surface area contributed by atoms with Crippen molar-refractivity contribution >= 4 is 16.2 Å². The van der Waals surface area contributed by atoms with Crippen molar-refractivity contribution < 1.29 is 23.4 Å². The standard InChI is InChI=1S/C9H18N2O5S/c1-7(12)6-10-17(15,16)11-4-2-8(3-5-11)9(13)14/h7-8,10,12H,2-6H2,1H3,(H,13,14)/t7-/m0/s1. The van der Waals surface area contributed by atoms with Crippen molar-refractivity contribution in [2.45, 2.75) is 25.9 Å². The molecular formula is C9H18N2O5S. The smallest absolute Gasteiger partial charge is 0.306 e. The fourth-order valence-electron chi connectivity index (χ4n) is 1.66. The second kappa shape index (κ2) is 5.76. The quantitative estimate of drug-likeness (QED) is 0.591. The van der Waals surface area contributed by atoms with Crippen molar-refractivity contribution in [2.75, 3.05) is 19.6 Å². The van der Waals surface area contributed by atoms with Crippen LogP contribution in [0.4, 0.5) is 0 Å². The number of nitrogens with zero attached hydrogens (tertiary/aromatic N) is 1. The number of rotatable bonds is 5. The molecule has 1 heterocycles. The first-order valence-corrected chi connectivity index (χ1v) is 6.92. The number of carbonyl (C=O) groups is 1. The van der Waals surface area contributed by atoms with Crippen LogP contribution in [0.2, 0.25) is 0 Å². The van der Waals surface area contributed by atoms with Crippen LogP contribution >= 0.6 is 0 Å². The van der Waals surface area contributed by atoms with E-state index in [0.29, 0.717) is 12.8 Å². The molecule has 1 aliphatic rings. The van der Waals surface area contributed by atoms with Gasteiger partial charge in [-0.15, -0.1) is 0 Å². The number of hydrogen-bond donors (Lipinski definition) is 3. The second-order valence-corrected chi connectivity index (χ2v) is 5.97. The van der Waals surface area contributed by atoms with Crippen LogP contribution in [0.15, 0.2) is 0 Å². The molecule has 100 valence electrons. The Kier molecular flexibility index (Phi) is 4.87. The number of aliphatic hydroxyl groups excluding tert-OH is 1. The molecule has 0 saturated carbocycles. The number of piperidine rings is 1. The van der Waals surface area contributed by atoms with Gasteiger partial charge in [0.2, 0.25) is 0 Å². The van der Waals surface area contributed by atoms with Crippen molar-refractivity contribution in [1.82, 2.24) is 9.03 Å². The number of hydrogen-bond acceptors (Lipinski definition) is 4. The third kappa shape index (κ3) is 4.23. The molecular weight excluding hydrogens is 248 g/mol. The number of aliphatic carboxylic acids is 1. The van der Waals surface area contributed by atoms with E-state index in [0.717, 1.165) is 0 Å². The van der Waals surface area contributed by atoms with Crippen molar-refractivity contribution in [3.63, 3.8) is 0 Å². The van der Waals surface area contributed by atoms with Gasteiger partial charge in [-0.1, -0.05) is 0 Å². The third-order valence-corrected chi connectivity index (χ3v) is 4.28. The van der Waals surface area contributed by atoms with Gasteiger partial charge in [-0.05, 0) is 19.8 Å². The van der Waals surface area contributed by atoms with Crippen molar-refractivity contribution in [3.8, 4) is 0 Å². The maximum Gasteiger partial charge on any atom is 0.306 e. The molecule has 0 radical (unpaired) electrons. The Hall–Kier alpha value is -0.700. The minimum Gasteiger partial charge on any atom is -0.481 e. The predicted molar refractivity (Wildman–Crippen MR) is 60.5 cm³/mol. The first-order chi connectivity index (χ1) is 7.83. The minimum atomic E-state index is -3.60. The maximum atomic E-state index is 11.7. The monoisotopic (exact) mass is 266 g/mol. The van der Waals surface area contributed by atoms with Gasteiger partial charge in [-0.2, -0.15) is 17.4 Å². The summed E-state index contributed by atoms with van der Waals surface area (Å²) >= 11 is 0. The van der Waals surface area contributed by atoms with Crippen LogP contribution in [0.1, 0.15) is 19.8 Å². The minimum absolute atomic E-state index is 0.0405. The van der Waals surface area contributed by atoms with Crippen molar-refractivity contribution in [1.29, 1.82) is 0 Å². The summed E-state index contributed by atoms with van der Waals surface area (Å²) in [5.74, 6) is -1.34. The molecule has 1 fully saturated rings. The topological polar surface area (TPSA) is 107 Å². The Labute approximate surface area is 101 Å². The first kappa shape index (κ1) is 14.4. The van der Waals surface area contributed by atoms with Gasteiger partial charge in [0.25, 0.3) is 10.2 Å². The Balaban J connectivity index is 2.50. The molecule has 0 amide bonds. The SMILES string of the molecule is C[C@H](O)CNS(=O)(=O)N1CCC(C(=O)O)CC1. The molecule has 0 spiro atoms. The van der Waals surface area contributed by atoms with Crippen LogP contribution in [0.3, 0.4) is 0 Å². The molecule has 8 heteroatoms. The zero-order chi connectivity index (χ0) is 13.1. The van der Waals surface area contributed by atoms with E-state index in [1.54, 1.807) is 0 Å². The van der Waals surface area contributed by atoms with Gasteiger partial charge in [0.05, 0.1) is 12.0 Å². The summed E-state index contributed by atoms with van der Waals surface area (Å²) in [4.78, 5) is 10.7. The highest BCUT2D eigenvalue weighted by molar-refractivity contribution is 7.87. The first-order valence-electron chi connectivity index (χ1n) is 5.48. The molecule has 0 aromatic heterocycles. The van der Waals surface area contributed by atoms with E-state index in [9.17, 15) is 13.2 Å². The normalized spacial score (nSPS) is 21.3. The Bertz CT molecular complexity index is 360. The summed E-state index contributed by atoms with van der Waals surface area (Å²) in [6.07, 6.45) is -0.100.